The number of aryl methyl sites for hydroxylation is 1. The van der Waals surface area contributed by atoms with Crippen molar-refractivity contribution >= 4 is 33.7 Å². The first-order valence-corrected chi connectivity index (χ1v) is 8.22. The predicted molar refractivity (Wildman–Crippen MR) is 89.9 cm³/mol. The van der Waals surface area contributed by atoms with Gasteiger partial charge in [-0.3, -0.25) is 4.79 Å². The van der Waals surface area contributed by atoms with E-state index in [4.69, 9.17) is 0 Å². The third-order valence-corrected chi connectivity index (χ3v) is 4.90. The zero-order chi connectivity index (χ0) is 14.8. The fraction of sp³-hybridized carbons (Fsp3) is 0.125. The predicted octanol–water partition coefficient (Wildman–Crippen LogP) is 4.81. The molecular formula is C16H14N2OS2. The highest BCUT2D eigenvalue weighted by molar-refractivity contribution is 7.19. The molecule has 3 rings (SSSR count). The minimum Gasteiger partial charge on any atom is -0.302 e. The number of aromatic nitrogens is 1. The summed E-state index contributed by atoms with van der Waals surface area (Å²) in [5, 5.41) is 5.32. The number of benzene rings is 1. The van der Waals surface area contributed by atoms with E-state index in [9.17, 15) is 4.79 Å². The van der Waals surface area contributed by atoms with E-state index in [2.05, 4.69) is 53.6 Å². The lowest BCUT2D eigenvalue weighted by Gasteiger charge is -1.97. The van der Waals surface area contributed by atoms with Gasteiger partial charge < -0.3 is 5.32 Å². The third-order valence-electron chi connectivity index (χ3n) is 2.98. The molecule has 0 atom stereocenters. The Morgan fingerprint density at radius 3 is 2.52 bits per heavy atom. The minimum absolute atomic E-state index is 0.0950. The standard InChI is InChI=1S/C16H14N2OS2/c1-10-3-5-12(6-4-10)14-7-8-15(21-14)13-9-20-16(18-13)17-11(2)19/h3-9H,1-2H3,(H,17,18,19). The first-order valence-electron chi connectivity index (χ1n) is 6.52. The maximum absolute atomic E-state index is 11.0. The second-order valence-corrected chi connectivity index (χ2v) is 6.69. The molecule has 0 aliphatic rings. The molecule has 0 unspecified atom stereocenters. The molecule has 0 saturated carbocycles. The van der Waals surface area contributed by atoms with Gasteiger partial charge in [-0.1, -0.05) is 29.8 Å². The molecule has 0 spiro atoms. The Balaban J connectivity index is 1.86. The fourth-order valence-electron chi connectivity index (χ4n) is 1.94. The largest absolute Gasteiger partial charge is 0.302 e. The zero-order valence-electron chi connectivity index (χ0n) is 11.7. The van der Waals surface area contributed by atoms with Crippen LogP contribution in [0.15, 0.2) is 41.8 Å². The lowest BCUT2D eigenvalue weighted by atomic mass is 10.1. The van der Waals surface area contributed by atoms with Crippen LogP contribution in [0.4, 0.5) is 5.13 Å². The van der Waals surface area contributed by atoms with Gasteiger partial charge in [0.05, 0.1) is 10.6 Å². The zero-order valence-corrected chi connectivity index (χ0v) is 13.3. The summed E-state index contributed by atoms with van der Waals surface area (Å²) in [5.74, 6) is -0.0950. The molecular weight excluding hydrogens is 300 g/mol. The highest BCUT2D eigenvalue weighted by atomic mass is 32.1. The number of thiazole rings is 1. The molecule has 0 radical (unpaired) electrons. The van der Waals surface area contributed by atoms with Crippen molar-refractivity contribution in [3.8, 4) is 21.0 Å². The van der Waals surface area contributed by atoms with E-state index in [-0.39, 0.29) is 5.91 Å². The van der Waals surface area contributed by atoms with Crippen LogP contribution in [-0.2, 0) is 4.79 Å². The van der Waals surface area contributed by atoms with E-state index in [1.165, 1.54) is 34.3 Å². The minimum atomic E-state index is -0.0950. The van der Waals surface area contributed by atoms with Crippen molar-refractivity contribution in [2.24, 2.45) is 0 Å². The van der Waals surface area contributed by atoms with Crippen LogP contribution in [0.3, 0.4) is 0 Å². The van der Waals surface area contributed by atoms with Crippen LogP contribution >= 0.6 is 22.7 Å². The number of nitrogens with zero attached hydrogens (tertiary/aromatic N) is 1. The molecule has 1 aromatic carbocycles. The molecule has 2 heterocycles. The Morgan fingerprint density at radius 2 is 1.81 bits per heavy atom. The normalized spacial score (nSPS) is 10.6. The molecule has 3 nitrogen and oxygen atoms in total. The summed E-state index contributed by atoms with van der Waals surface area (Å²) in [5.41, 5.74) is 3.39. The lowest BCUT2D eigenvalue weighted by Crippen LogP contribution is -2.04. The van der Waals surface area contributed by atoms with E-state index >= 15 is 0 Å². The third kappa shape index (κ3) is 3.20. The molecule has 0 saturated heterocycles. The maximum Gasteiger partial charge on any atom is 0.223 e. The van der Waals surface area contributed by atoms with Gasteiger partial charge >= 0.3 is 0 Å². The van der Waals surface area contributed by atoms with Crippen molar-refractivity contribution in [1.29, 1.82) is 0 Å². The lowest BCUT2D eigenvalue weighted by molar-refractivity contribution is -0.114. The summed E-state index contributed by atoms with van der Waals surface area (Å²) in [6.45, 7) is 3.57. The Morgan fingerprint density at radius 1 is 1.10 bits per heavy atom. The van der Waals surface area contributed by atoms with Crippen molar-refractivity contribution in [1.82, 2.24) is 4.98 Å². The number of hydrogen-bond donors (Lipinski definition) is 1. The highest BCUT2D eigenvalue weighted by Crippen LogP contribution is 2.35. The highest BCUT2D eigenvalue weighted by Gasteiger charge is 2.09. The summed E-state index contributed by atoms with van der Waals surface area (Å²) in [6, 6.07) is 12.7. The summed E-state index contributed by atoms with van der Waals surface area (Å²) in [4.78, 5) is 17.8. The second-order valence-electron chi connectivity index (χ2n) is 4.75. The average Bonchev–Trinajstić information content (AvgIpc) is 3.07. The maximum atomic E-state index is 11.0. The molecule has 5 heteroatoms. The number of nitrogens with one attached hydrogen (secondary N) is 1. The summed E-state index contributed by atoms with van der Waals surface area (Å²) < 4.78 is 0. The Kier molecular flexibility index (Phi) is 3.86. The molecule has 21 heavy (non-hydrogen) atoms. The Bertz CT molecular complexity index is 772. The number of rotatable bonds is 3. The molecule has 0 aliphatic heterocycles. The molecule has 0 bridgehead atoms. The van der Waals surface area contributed by atoms with E-state index in [0.29, 0.717) is 5.13 Å². The van der Waals surface area contributed by atoms with Crippen molar-refractivity contribution in [3.63, 3.8) is 0 Å². The number of carbonyl (C=O) groups is 1. The number of hydrogen-bond acceptors (Lipinski definition) is 4. The van der Waals surface area contributed by atoms with Crippen molar-refractivity contribution in [2.45, 2.75) is 13.8 Å². The van der Waals surface area contributed by atoms with Crippen LogP contribution in [0.2, 0.25) is 0 Å². The van der Waals surface area contributed by atoms with Gasteiger partial charge in [-0.15, -0.1) is 22.7 Å². The average molecular weight is 314 g/mol. The number of anilines is 1. The summed E-state index contributed by atoms with van der Waals surface area (Å²) in [6.07, 6.45) is 0. The monoisotopic (exact) mass is 314 g/mol. The molecule has 0 fully saturated rings. The summed E-state index contributed by atoms with van der Waals surface area (Å²) >= 11 is 3.15. The van der Waals surface area contributed by atoms with Gasteiger partial charge in [0.25, 0.3) is 0 Å². The van der Waals surface area contributed by atoms with E-state index in [0.717, 1.165) is 10.6 Å². The smallest absolute Gasteiger partial charge is 0.223 e. The van der Waals surface area contributed by atoms with Gasteiger partial charge in [0, 0.05) is 17.2 Å². The molecule has 3 aromatic rings. The number of thiophene rings is 1. The molecule has 1 amide bonds. The first kappa shape index (κ1) is 14.0. The van der Waals surface area contributed by atoms with E-state index in [1.54, 1.807) is 11.3 Å². The van der Waals surface area contributed by atoms with E-state index < -0.39 is 0 Å². The molecule has 0 aliphatic carbocycles. The van der Waals surface area contributed by atoms with Crippen LogP contribution in [0.5, 0.6) is 0 Å². The van der Waals surface area contributed by atoms with Crippen LogP contribution in [0.25, 0.3) is 21.0 Å². The number of amides is 1. The quantitative estimate of drug-likeness (QED) is 0.754. The van der Waals surface area contributed by atoms with Crippen LogP contribution < -0.4 is 5.32 Å². The molecule has 2 aromatic heterocycles. The number of carbonyl (C=O) groups excluding carboxylic acids is 1. The van der Waals surface area contributed by atoms with Gasteiger partial charge in [0.2, 0.25) is 5.91 Å². The van der Waals surface area contributed by atoms with Crippen LogP contribution in [0.1, 0.15) is 12.5 Å². The van der Waals surface area contributed by atoms with Crippen LogP contribution in [-0.4, -0.2) is 10.9 Å². The van der Waals surface area contributed by atoms with Crippen molar-refractivity contribution in [2.75, 3.05) is 5.32 Å². The SMILES string of the molecule is CC(=O)Nc1nc(-c2ccc(-c3ccc(C)cc3)s2)cs1. The Labute approximate surface area is 131 Å². The van der Waals surface area contributed by atoms with Gasteiger partial charge in [0.1, 0.15) is 0 Å². The van der Waals surface area contributed by atoms with Gasteiger partial charge in [-0.25, -0.2) is 4.98 Å². The van der Waals surface area contributed by atoms with Gasteiger partial charge in [-0.05, 0) is 24.6 Å². The summed E-state index contributed by atoms with van der Waals surface area (Å²) in [7, 11) is 0. The molecule has 1 N–H and O–H groups in total. The fourth-order valence-corrected chi connectivity index (χ4v) is 3.75. The van der Waals surface area contributed by atoms with Gasteiger partial charge in [0.15, 0.2) is 5.13 Å². The molecule has 106 valence electrons. The second kappa shape index (κ2) is 5.79. The van der Waals surface area contributed by atoms with Gasteiger partial charge in [-0.2, -0.15) is 0 Å². The van der Waals surface area contributed by atoms with Crippen molar-refractivity contribution in [3.05, 3.63) is 47.3 Å². The Hall–Kier alpha value is -1.98. The van der Waals surface area contributed by atoms with Crippen molar-refractivity contribution < 1.29 is 4.79 Å². The van der Waals surface area contributed by atoms with E-state index in [1.807, 2.05) is 5.38 Å². The van der Waals surface area contributed by atoms with Crippen LogP contribution in [0, 0.1) is 6.92 Å². The topological polar surface area (TPSA) is 42.0 Å². The first-order chi connectivity index (χ1) is 10.1.